The molecule has 0 saturated carbocycles. The average Bonchev–Trinajstić information content (AvgIpc) is 0.918. The third-order valence-corrected chi connectivity index (χ3v) is 0. The van der Waals surface area contributed by atoms with Gasteiger partial charge in [-0.3, -0.25) is 0 Å². The first-order chi connectivity index (χ1) is 1.41. The van der Waals surface area contributed by atoms with Crippen LogP contribution in [0.2, 0.25) is 0 Å². The number of hydrogen-bond acceptors (Lipinski definition) is 1. The van der Waals surface area contributed by atoms with Crippen LogP contribution in [0.15, 0.2) is 0 Å². The molecule has 0 amide bonds. The van der Waals surface area contributed by atoms with E-state index in [2.05, 4.69) is 11.1 Å². The van der Waals surface area contributed by atoms with Gasteiger partial charge < -0.3 is 4.46 Å². The van der Waals surface area contributed by atoms with Crippen molar-refractivity contribution in [3.63, 3.8) is 0 Å². The van der Waals surface area contributed by atoms with Crippen molar-refractivity contribution in [1.82, 2.24) is 0 Å². The Morgan fingerprint density at radius 2 is 1.75 bits per heavy atom. The first kappa shape index (κ1) is 9.30. The summed E-state index contributed by atoms with van der Waals surface area (Å²) in [6.45, 7) is 0. The van der Waals surface area contributed by atoms with Crippen molar-refractivity contribution in [3.05, 3.63) is 0 Å². The second kappa shape index (κ2) is 8.86. The summed E-state index contributed by atoms with van der Waals surface area (Å²) in [6.07, 6.45) is 0. The first-order valence-electron chi connectivity index (χ1n) is 0.454. The Kier molecular flexibility index (Phi) is 20.6. The molecule has 0 aromatic carbocycles. The van der Waals surface area contributed by atoms with Crippen LogP contribution in [0.4, 0.5) is 0 Å². The molecule has 0 N–H and O–H groups in total. The maximum absolute atomic E-state index is 8.78. The van der Waals surface area contributed by atoms with Crippen LogP contribution < -0.4 is 0 Å². The van der Waals surface area contributed by atoms with E-state index in [0.717, 1.165) is 0 Å². The molecule has 0 spiro atoms. The Balaban J connectivity index is 0. The van der Waals surface area contributed by atoms with E-state index in [1.54, 1.807) is 0 Å². The second-order valence-electron chi connectivity index (χ2n) is 0.0891. The molecule has 0 aliphatic rings. The van der Waals surface area contributed by atoms with Crippen molar-refractivity contribution in [2.75, 3.05) is 0 Å². The average molecular weight is 220 g/mol. The normalized spacial score (nSPS) is 3.25. The molecular formula is H3BaClOSi. The van der Waals surface area contributed by atoms with Gasteiger partial charge in [0.1, 0.15) is 0 Å². The zero-order chi connectivity index (χ0) is 2.71. The van der Waals surface area contributed by atoms with Crippen molar-refractivity contribution >= 4 is 68.7 Å². The monoisotopic (exact) mass is 220 g/mol. The van der Waals surface area contributed by atoms with Crippen molar-refractivity contribution in [3.8, 4) is 0 Å². The Morgan fingerprint density at radius 1 is 1.75 bits per heavy atom. The van der Waals surface area contributed by atoms with Crippen LogP contribution in [0.5, 0.6) is 0 Å². The van der Waals surface area contributed by atoms with E-state index >= 15 is 0 Å². The van der Waals surface area contributed by atoms with Gasteiger partial charge in [-0.25, -0.2) is 0 Å². The summed E-state index contributed by atoms with van der Waals surface area (Å²) >= 11 is 4.53. The quantitative estimate of drug-likeness (QED) is 0.378. The predicted octanol–water partition coefficient (Wildman–Crippen LogP) is -0.994. The van der Waals surface area contributed by atoms with Crippen LogP contribution in [0.25, 0.3) is 0 Å². The van der Waals surface area contributed by atoms with E-state index in [1.807, 2.05) is 0 Å². The van der Waals surface area contributed by atoms with Crippen LogP contribution in [-0.4, -0.2) is 57.6 Å². The van der Waals surface area contributed by atoms with Gasteiger partial charge in [-0.05, 0) is 0 Å². The molecule has 0 aliphatic heterocycles. The molecule has 0 unspecified atom stereocenters. The summed E-state index contributed by atoms with van der Waals surface area (Å²) in [7, 11) is -1.03. The van der Waals surface area contributed by atoms with Crippen LogP contribution in [0.3, 0.4) is 0 Å². The Hall–Kier alpha value is 1.88. The van der Waals surface area contributed by atoms with Gasteiger partial charge in [-0.2, -0.15) is 0 Å². The molecule has 0 fully saturated rings. The summed E-state index contributed by atoms with van der Waals surface area (Å²) < 4.78 is 8.78. The van der Waals surface area contributed by atoms with Gasteiger partial charge in [-0.15, -0.1) is 0 Å². The third kappa shape index (κ3) is 9.11. The fourth-order valence-electron chi connectivity index (χ4n) is 0. The predicted molar refractivity (Wildman–Crippen MR) is 22.2 cm³/mol. The maximum atomic E-state index is 8.78. The van der Waals surface area contributed by atoms with Gasteiger partial charge in [0.25, 0.3) is 0 Å². The molecule has 0 saturated heterocycles. The van der Waals surface area contributed by atoms with Crippen LogP contribution >= 0.6 is 11.1 Å². The fraction of sp³-hybridized carbons (Fsp3) is 0. The molecule has 0 aromatic heterocycles. The zero-order valence-corrected chi connectivity index (χ0v) is 3.27. The first-order valence-corrected chi connectivity index (χ1v) is 2.67. The van der Waals surface area contributed by atoms with E-state index in [0.29, 0.717) is 0 Å². The van der Waals surface area contributed by atoms with Crippen molar-refractivity contribution in [2.45, 2.75) is 0 Å². The van der Waals surface area contributed by atoms with E-state index in [1.165, 1.54) is 0 Å². The number of rotatable bonds is 0. The molecule has 22 valence electrons. The number of halogens is 1. The van der Waals surface area contributed by atoms with Gasteiger partial charge in [0.2, 0.25) is 0 Å². The van der Waals surface area contributed by atoms with Gasteiger partial charge in [0.05, 0.1) is 0 Å². The van der Waals surface area contributed by atoms with Gasteiger partial charge >= 0.3 is 57.6 Å². The summed E-state index contributed by atoms with van der Waals surface area (Å²) in [5.41, 5.74) is 0. The minimum atomic E-state index is -1.03. The summed E-state index contributed by atoms with van der Waals surface area (Å²) in [4.78, 5) is 0. The molecule has 0 rings (SSSR count). The van der Waals surface area contributed by atoms with Gasteiger partial charge in [0, 0.05) is 0 Å². The molecule has 0 heterocycles. The molecule has 0 radical (unpaired) electrons. The van der Waals surface area contributed by atoms with E-state index in [4.69, 9.17) is 4.46 Å². The third-order valence-electron chi connectivity index (χ3n) is 0. The van der Waals surface area contributed by atoms with Gasteiger partial charge in [-0.1, -0.05) is 11.1 Å². The van der Waals surface area contributed by atoms with Crippen molar-refractivity contribution in [2.24, 2.45) is 0 Å². The van der Waals surface area contributed by atoms with E-state index < -0.39 is 8.72 Å². The minimum absolute atomic E-state index is 0. The number of hydrogen-bond donors (Lipinski definition) is 0. The topological polar surface area (TPSA) is 17.1 Å². The SMILES string of the molecule is O=[SiH]Cl.[BaH2]. The summed E-state index contributed by atoms with van der Waals surface area (Å²) in [5, 5.41) is 0. The van der Waals surface area contributed by atoms with Gasteiger partial charge in [0.15, 0.2) is 0 Å². The van der Waals surface area contributed by atoms with Crippen molar-refractivity contribution < 1.29 is 4.46 Å². The second-order valence-corrected chi connectivity index (χ2v) is 0.802. The molecule has 0 aliphatic carbocycles. The summed E-state index contributed by atoms with van der Waals surface area (Å²) in [6, 6.07) is 0. The Morgan fingerprint density at radius 3 is 1.75 bits per heavy atom. The fourth-order valence-corrected chi connectivity index (χ4v) is 0. The molecule has 4 heavy (non-hydrogen) atoms. The molecular weight excluding hydrogens is 217 g/mol. The molecule has 0 bridgehead atoms. The standard InChI is InChI=1S/Ba.ClHOSi.2H/c;1-3-2;;/h;3H;;. The molecule has 0 atom stereocenters. The van der Waals surface area contributed by atoms with E-state index in [9.17, 15) is 0 Å². The van der Waals surface area contributed by atoms with Crippen LogP contribution in [-0.2, 0) is 4.46 Å². The molecule has 4 heteroatoms. The molecule has 0 aromatic rings. The Bertz CT molecular complexity index is 15.5. The Labute approximate surface area is 71.8 Å². The molecule has 1 nitrogen and oxygen atoms in total. The van der Waals surface area contributed by atoms with Crippen LogP contribution in [0.1, 0.15) is 0 Å². The zero-order valence-electron chi connectivity index (χ0n) is 1.36. The van der Waals surface area contributed by atoms with E-state index in [-0.39, 0.29) is 48.9 Å². The van der Waals surface area contributed by atoms with Crippen LogP contribution in [0, 0.1) is 0 Å². The van der Waals surface area contributed by atoms with Crippen molar-refractivity contribution in [1.29, 1.82) is 0 Å². The summed E-state index contributed by atoms with van der Waals surface area (Å²) in [5.74, 6) is 0.